The molecular formula is C13H16N2O. The van der Waals surface area contributed by atoms with Gasteiger partial charge in [-0.25, -0.2) is 0 Å². The fourth-order valence-corrected chi connectivity index (χ4v) is 2.01. The number of anilines is 1. The van der Waals surface area contributed by atoms with Crippen molar-refractivity contribution in [3.05, 3.63) is 29.8 Å². The molecule has 0 unspecified atom stereocenters. The summed E-state index contributed by atoms with van der Waals surface area (Å²) in [6, 6.07) is 9.90. The predicted octanol–water partition coefficient (Wildman–Crippen LogP) is 2.17. The van der Waals surface area contributed by atoms with E-state index in [2.05, 4.69) is 24.8 Å². The molecule has 1 aliphatic heterocycles. The minimum absolute atomic E-state index is 0.110. The molecule has 1 heterocycles. The summed E-state index contributed by atoms with van der Waals surface area (Å²) in [5.41, 5.74) is 1.71. The van der Waals surface area contributed by atoms with Crippen molar-refractivity contribution in [3.8, 4) is 6.07 Å². The van der Waals surface area contributed by atoms with Crippen LogP contribution in [-0.2, 0) is 4.74 Å². The van der Waals surface area contributed by atoms with Crippen molar-refractivity contribution >= 4 is 5.69 Å². The van der Waals surface area contributed by atoms with Gasteiger partial charge in [0.1, 0.15) is 0 Å². The summed E-state index contributed by atoms with van der Waals surface area (Å²) in [6.45, 7) is 6.67. The molecule has 84 valence electrons. The number of benzene rings is 1. The summed E-state index contributed by atoms with van der Waals surface area (Å²) in [5.74, 6) is 0. The highest BCUT2D eigenvalue weighted by atomic mass is 16.5. The molecule has 1 aromatic rings. The predicted molar refractivity (Wildman–Crippen MR) is 63.4 cm³/mol. The maximum Gasteiger partial charge on any atom is 0.0992 e. The molecule has 16 heavy (non-hydrogen) atoms. The molecule has 0 spiro atoms. The first-order chi connectivity index (χ1) is 7.61. The Morgan fingerprint density at radius 3 is 2.94 bits per heavy atom. The van der Waals surface area contributed by atoms with Gasteiger partial charge in [0, 0.05) is 18.8 Å². The molecule has 0 aliphatic carbocycles. The van der Waals surface area contributed by atoms with Gasteiger partial charge in [0.25, 0.3) is 0 Å². The molecule has 1 fully saturated rings. The lowest BCUT2D eigenvalue weighted by Crippen LogP contribution is -2.48. The van der Waals surface area contributed by atoms with Gasteiger partial charge < -0.3 is 9.64 Å². The van der Waals surface area contributed by atoms with Crippen LogP contribution in [-0.4, -0.2) is 25.3 Å². The van der Waals surface area contributed by atoms with Crippen molar-refractivity contribution in [1.82, 2.24) is 0 Å². The molecular weight excluding hydrogens is 200 g/mol. The van der Waals surface area contributed by atoms with E-state index in [1.165, 1.54) is 0 Å². The van der Waals surface area contributed by atoms with Crippen molar-refractivity contribution in [2.24, 2.45) is 0 Å². The topological polar surface area (TPSA) is 36.3 Å². The number of ether oxygens (including phenoxy) is 1. The Kier molecular flexibility index (Phi) is 2.84. The van der Waals surface area contributed by atoms with Crippen LogP contribution in [0, 0.1) is 11.3 Å². The third kappa shape index (κ3) is 2.34. The van der Waals surface area contributed by atoms with E-state index in [1.807, 2.05) is 24.3 Å². The molecule has 0 amide bonds. The summed E-state index contributed by atoms with van der Waals surface area (Å²) in [7, 11) is 0. The smallest absolute Gasteiger partial charge is 0.0992 e. The lowest BCUT2D eigenvalue weighted by molar-refractivity contribution is -0.0276. The van der Waals surface area contributed by atoms with Crippen molar-refractivity contribution < 1.29 is 4.74 Å². The Balaban J connectivity index is 2.21. The van der Waals surface area contributed by atoms with Gasteiger partial charge in [-0.05, 0) is 32.0 Å². The summed E-state index contributed by atoms with van der Waals surface area (Å²) in [6.07, 6.45) is 0. The number of nitrogens with zero attached hydrogens (tertiary/aromatic N) is 2. The number of rotatable bonds is 1. The van der Waals surface area contributed by atoms with Crippen LogP contribution in [0.25, 0.3) is 0 Å². The first-order valence-electron chi connectivity index (χ1n) is 5.50. The van der Waals surface area contributed by atoms with Crippen molar-refractivity contribution in [1.29, 1.82) is 5.26 Å². The van der Waals surface area contributed by atoms with E-state index < -0.39 is 0 Å². The van der Waals surface area contributed by atoms with E-state index in [0.717, 1.165) is 25.4 Å². The highest BCUT2D eigenvalue weighted by molar-refractivity contribution is 5.52. The summed E-state index contributed by atoms with van der Waals surface area (Å²) >= 11 is 0. The summed E-state index contributed by atoms with van der Waals surface area (Å²) in [5, 5.41) is 8.87. The second-order valence-corrected chi connectivity index (χ2v) is 4.69. The number of hydrogen-bond acceptors (Lipinski definition) is 3. The van der Waals surface area contributed by atoms with Crippen molar-refractivity contribution in [2.45, 2.75) is 19.4 Å². The molecule has 2 rings (SSSR count). The van der Waals surface area contributed by atoms with Gasteiger partial charge in [0.15, 0.2) is 0 Å². The Morgan fingerprint density at radius 1 is 1.44 bits per heavy atom. The van der Waals surface area contributed by atoms with Crippen LogP contribution in [0.15, 0.2) is 24.3 Å². The van der Waals surface area contributed by atoms with Gasteiger partial charge in [0.2, 0.25) is 0 Å². The summed E-state index contributed by atoms with van der Waals surface area (Å²) < 4.78 is 5.67. The molecule has 1 aromatic carbocycles. The third-order valence-electron chi connectivity index (χ3n) is 2.77. The average molecular weight is 216 g/mol. The maximum absolute atomic E-state index is 8.87. The highest BCUT2D eigenvalue weighted by Gasteiger charge is 2.27. The van der Waals surface area contributed by atoms with Crippen LogP contribution in [0.1, 0.15) is 19.4 Å². The fraction of sp³-hybridized carbons (Fsp3) is 0.462. The van der Waals surface area contributed by atoms with Crippen LogP contribution in [0.2, 0.25) is 0 Å². The molecule has 0 atom stereocenters. The number of nitriles is 1. The van der Waals surface area contributed by atoms with Gasteiger partial charge in [0.05, 0.1) is 23.8 Å². The van der Waals surface area contributed by atoms with E-state index >= 15 is 0 Å². The van der Waals surface area contributed by atoms with Crippen LogP contribution < -0.4 is 4.90 Å². The average Bonchev–Trinajstić information content (AvgIpc) is 2.28. The van der Waals surface area contributed by atoms with Crippen molar-refractivity contribution in [3.63, 3.8) is 0 Å². The first-order valence-corrected chi connectivity index (χ1v) is 5.50. The molecule has 0 radical (unpaired) electrons. The van der Waals surface area contributed by atoms with Gasteiger partial charge >= 0.3 is 0 Å². The molecule has 0 N–H and O–H groups in total. The zero-order valence-electron chi connectivity index (χ0n) is 9.73. The molecule has 3 heteroatoms. The fourth-order valence-electron chi connectivity index (χ4n) is 2.01. The minimum atomic E-state index is -0.110. The molecule has 3 nitrogen and oxygen atoms in total. The number of hydrogen-bond donors (Lipinski definition) is 0. The van der Waals surface area contributed by atoms with E-state index in [-0.39, 0.29) is 5.60 Å². The quantitative estimate of drug-likeness (QED) is 0.722. The van der Waals surface area contributed by atoms with E-state index in [4.69, 9.17) is 10.00 Å². The minimum Gasteiger partial charge on any atom is -0.372 e. The second-order valence-electron chi connectivity index (χ2n) is 4.69. The molecule has 0 aromatic heterocycles. The largest absolute Gasteiger partial charge is 0.372 e. The zero-order valence-corrected chi connectivity index (χ0v) is 9.73. The van der Waals surface area contributed by atoms with Crippen LogP contribution in [0.5, 0.6) is 0 Å². The molecule has 1 saturated heterocycles. The van der Waals surface area contributed by atoms with Gasteiger partial charge in [-0.2, -0.15) is 5.26 Å². The standard InChI is InChI=1S/C13H16N2O/c1-13(2)10-15(6-7-16-13)12-5-3-4-11(8-12)9-14/h3-5,8H,6-7,10H2,1-2H3. The van der Waals surface area contributed by atoms with Crippen molar-refractivity contribution in [2.75, 3.05) is 24.6 Å². The van der Waals surface area contributed by atoms with Crippen LogP contribution in [0.3, 0.4) is 0 Å². The number of morpholine rings is 1. The Hall–Kier alpha value is -1.53. The molecule has 0 bridgehead atoms. The highest BCUT2D eigenvalue weighted by Crippen LogP contribution is 2.23. The summed E-state index contributed by atoms with van der Waals surface area (Å²) in [4.78, 5) is 2.27. The Morgan fingerprint density at radius 2 is 2.25 bits per heavy atom. The van der Waals surface area contributed by atoms with E-state index in [1.54, 1.807) is 0 Å². The SMILES string of the molecule is CC1(C)CN(c2cccc(C#N)c2)CCO1. The molecule has 1 aliphatic rings. The first kappa shape index (κ1) is 11.0. The second kappa shape index (κ2) is 4.15. The van der Waals surface area contributed by atoms with E-state index in [0.29, 0.717) is 5.56 Å². The molecule has 0 saturated carbocycles. The lowest BCUT2D eigenvalue weighted by atomic mass is 10.1. The Labute approximate surface area is 96.2 Å². The van der Waals surface area contributed by atoms with Crippen LogP contribution >= 0.6 is 0 Å². The maximum atomic E-state index is 8.87. The zero-order chi connectivity index (χ0) is 11.6. The Bertz CT molecular complexity index is 420. The lowest BCUT2D eigenvalue weighted by Gasteiger charge is -2.39. The van der Waals surface area contributed by atoms with Crippen LogP contribution in [0.4, 0.5) is 5.69 Å². The van der Waals surface area contributed by atoms with E-state index in [9.17, 15) is 0 Å². The third-order valence-corrected chi connectivity index (χ3v) is 2.77. The normalized spacial score (nSPS) is 19.2. The van der Waals surface area contributed by atoms with Gasteiger partial charge in [-0.1, -0.05) is 6.07 Å². The van der Waals surface area contributed by atoms with Gasteiger partial charge in [-0.15, -0.1) is 0 Å². The monoisotopic (exact) mass is 216 g/mol. The van der Waals surface area contributed by atoms with Gasteiger partial charge in [-0.3, -0.25) is 0 Å².